The molecule has 0 bridgehead atoms. The summed E-state index contributed by atoms with van der Waals surface area (Å²) in [5, 5.41) is 6.60. The molecule has 22 heavy (non-hydrogen) atoms. The number of methoxy groups -OCH3 is 1. The Kier molecular flexibility index (Phi) is 5.72. The molecular weight excluding hydrogens is 280 g/mol. The Labute approximate surface area is 134 Å². The summed E-state index contributed by atoms with van der Waals surface area (Å²) in [6, 6.07) is 0.475. The molecule has 0 spiro atoms. The number of amides is 1. The van der Waals surface area contributed by atoms with Crippen LogP contribution in [0.1, 0.15) is 59.3 Å². The van der Waals surface area contributed by atoms with E-state index in [1.807, 2.05) is 27.9 Å². The Morgan fingerprint density at radius 1 is 1.23 bits per heavy atom. The van der Waals surface area contributed by atoms with E-state index >= 15 is 0 Å². The van der Waals surface area contributed by atoms with E-state index in [2.05, 4.69) is 10.6 Å². The van der Waals surface area contributed by atoms with E-state index in [-0.39, 0.29) is 11.7 Å². The number of rotatable bonds is 6. The minimum atomic E-state index is -0.438. The number of carbonyl (C=O) groups excluding carboxylic acids is 1. The van der Waals surface area contributed by atoms with Gasteiger partial charge in [-0.3, -0.25) is 0 Å². The normalized spacial score (nSPS) is 27.3. The second-order valence-corrected chi connectivity index (χ2v) is 7.80. The molecule has 1 amide bonds. The lowest BCUT2D eigenvalue weighted by Gasteiger charge is -2.41. The van der Waals surface area contributed by atoms with E-state index in [1.165, 1.54) is 19.3 Å². The highest BCUT2D eigenvalue weighted by molar-refractivity contribution is 5.67. The molecule has 5 heteroatoms. The van der Waals surface area contributed by atoms with Crippen molar-refractivity contribution in [2.75, 3.05) is 20.2 Å². The summed E-state index contributed by atoms with van der Waals surface area (Å²) in [5.41, 5.74) is -0.377. The summed E-state index contributed by atoms with van der Waals surface area (Å²) < 4.78 is 11.0. The summed E-state index contributed by atoms with van der Waals surface area (Å²) in [5.74, 6) is 0.488. The number of hydrogen-bond acceptors (Lipinski definition) is 4. The van der Waals surface area contributed by atoms with Crippen LogP contribution in [0.4, 0.5) is 4.79 Å². The van der Waals surface area contributed by atoms with Gasteiger partial charge in [-0.25, -0.2) is 4.79 Å². The zero-order valence-electron chi connectivity index (χ0n) is 14.5. The zero-order chi connectivity index (χ0) is 16.2. The van der Waals surface area contributed by atoms with Crippen LogP contribution in [0.3, 0.4) is 0 Å². The van der Waals surface area contributed by atoms with Crippen LogP contribution in [-0.4, -0.2) is 43.5 Å². The fourth-order valence-electron chi connectivity index (χ4n) is 3.42. The van der Waals surface area contributed by atoms with Crippen molar-refractivity contribution in [2.45, 2.75) is 76.5 Å². The molecule has 2 saturated carbocycles. The molecule has 2 aliphatic rings. The molecule has 0 heterocycles. The van der Waals surface area contributed by atoms with Gasteiger partial charge in [0.25, 0.3) is 0 Å². The Hall–Kier alpha value is -0.810. The van der Waals surface area contributed by atoms with E-state index in [9.17, 15) is 4.79 Å². The first kappa shape index (κ1) is 17.5. The van der Waals surface area contributed by atoms with Gasteiger partial charge in [0, 0.05) is 26.2 Å². The molecule has 2 fully saturated rings. The fraction of sp³-hybridized carbons (Fsp3) is 0.941. The minimum Gasteiger partial charge on any atom is -0.444 e. The van der Waals surface area contributed by atoms with Gasteiger partial charge in [-0.15, -0.1) is 0 Å². The lowest BCUT2D eigenvalue weighted by Crippen LogP contribution is -2.51. The summed E-state index contributed by atoms with van der Waals surface area (Å²) in [6.07, 6.45) is 6.83. The number of alkyl carbamates (subject to hydrolysis) is 1. The smallest absolute Gasteiger partial charge is 0.407 e. The predicted octanol–water partition coefficient (Wildman–Crippen LogP) is 2.84. The molecule has 5 nitrogen and oxygen atoms in total. The molecule has 0 radical (unpaired) electrons. The minimum absolute atomic E-state index is 0.0612. The van der Waals surface area contributed by atoms with Crippen molar-refractivity contribution in [3.8, 4) is 0 Å². The third kappa shape index (κ3) is 4.85. The van der Waals surface area contributed by atoms with Crippen molar-refractivity contribution >= 4 is 6.09 Å². The molecule has 0 aromatic carbocycles. The molecule has 2 atom stereocenters. The Morgan fingerprint density at radius 3 is 2.50 bits per heavy atom. The number of ether oxygens (including phenoxy) is 2. The maximum absolute atomic E-state index is 11.8. The Bertz CT molecular complexity index is 369. The van der Waals surface area contributed by atoms with Gasteiger partial charge in [0.15, 0.2) is 0 Å². The maximum atomic E-state index is 11.8. The second-order valence-electron chi connectivity index (χ2n) is 7.80. The lowest BCUT2D eigenvalue weighted by molar-refractivity contribution is -0.0714. The standard InChI is InChI=1S/C17H32N2O3/c1-16(2,3)22-15(20)18-11-13-7-5-8-14(13)19-12-17(21-4)9-6-10-17/h13-14,19H,5-12H2,1-4H3,(H,18,20). The lowest BCUT2D eigenvalue weighted by atomic mass is 9.79. The van der Waals surface area contributed by atoms with Crippen LogP contribution < -0.4 is 10.6 Å². The van der Waals surface area contributed by atoms with Crippen molar-refractivity contribution in [1.29, 1.82) is 0 Å². The molecular formula is C17H32N2O3. The number of nitrogens with one attached hydrogen (secondary N) is 2. The van der Waals surface area contributed by atoms with Crippen molar-refractivity contribution < 1.29 is 14.3 Å². The number of carbonyl (C=O) groups is 1. The third-order valence-electron chi connectivity index (χ3n) is 4.95. The fourth-order valence-corrected chi connectivity index (χ4v) is 3.42. The molecule has 2 rings (SSSR count). The van der Waals surface area contributed by atoms with Crippen molar-refractivity contribution in [3.05, 3.63) is 0 Å². The van der Waals surface area contributed by atoms with Crippen LogP contribution in [0, 0.1) is 5.92 Å². The highest BCUT2D eigenvalue weighted by Gasteiger charge is 2.38. The van der Waals surface area contributed by atoms with Gasteiger partial charge in [0.05, 0.1) is 5.60 Å². The van der Waals surface area contributed by atoms with Crippen molar-refractivity contribution in [2.24, 2.45) is 5.92 Å². The van der Waals surface area contributed by atoms with Gasteiger partial charge < -0.3 is 20.1 Å². The van der Waals surface area contributed by atoms with Gasteiger partial charge in [-0.2, -0.15) is 0 Å². The topological polar surface area (TPSA) is 59.6 Å². The van der Waals surface area contributed by atoms with Crippen LogP contribution in [0.15, 0.2) is 0 Å². The molecule has 2 N–H and O–H groups in total. The van der Waals surface area contributed by atoms with Crippen LogP contribution >= 0.6 is 0 Å². The van der Waals surface area contributed by atoms with Crippen LogP contribution in [0.5, 0.6) is 0 Å². The summed E-state index contributed by atoms with van der Waals surface area (Å²) in [4.78, 5) is 11.8. The largest absolute Gasteiger partial charge is 0.444 e. The average Bonchev–Trinajstić information content (AvgIpc) is 2.81. The van der Waals surface area contributed by atoms with Gasteiger partial charge in [0.2, 0.25) is 0 Å². The molecule has 0 saturated heterocycles. The Balaban J connectivity index is 1.72. The highest BCUT2D eigenvalue weighted by atomic mass is 16.6. The first-order chi connectivity index (χ1) is 10.3. The van der Waals surface area contributed by atoms with Gasteiger partial charge >= 0.3 is 6.09 Å². The first-order valence-corrected chi connectivity index (χ1v) is 8.59. The second kappa shape index (κ2) is 7.18. The van der Waals surface area contributed by atoms with Crippen LogP contribution in [0.2, 0.25) is 0 Å². The summed E-state index contributed by atoms with van der Waals surface area (Å²) in [6.45, 7) is 7.27. The quantitative estimate of drug-likeness (QED) is 0.792. The first-order valence-electron chi connectivity index (χ1n) is 8.59. The predicted molar refractivity (Wildman–Crippen MR) is 87.0 cm³/mol. The zero-order valence-corrected chi connectivity index (χ0v) is 14.5. The average molecular weight is 312 g/mol. The summed E-state index contributed by atoms with van der Waals surface area (Å²) >= 11 is 0. The SMILES string of the molecule is COC1(CNC2CCCC2CNC(=O)OC(C)(C)C)CCC1. The molecule has 2 unspecified atom stereocenters. The van der Waals surface area contributed by atoms with E-state index in [4.69, 9.17) is 9.47 Å². The van der Waals surface area contributed by atoms with E-state index in [1.54, 1.807) is 0 Å². The maximum Gasteiger partial charge on any atom is 0.407 e. The molecule has 128 valence electrons. The van der Waals surface area contributed by atoms with Crippen LogP contribution in [0.25, 0.3) is 0 Å². The molecule has 0 aromatic heterocycles. The monoisotopic (exact) mass is 312 g/mol. The van der Waals surface area contributed by atoms with Gasteiger partial charge in [-0.05, 0) is 58.8 Å². The van der Waals surface area contributed by atoms with Gasteiger partial charge in [-0.1, -0.05) is 6.42 Å². The molecule has 0 aliphatic heterocycles. The third-order valence-corrected chi connectivity index (χ3v) is 4.95. The van der Waals surface area contributed by atoms with E-state index in [0.29, 0.717) is 18.5 Å². The van der Waals surface area contributed by atoms with Crippen LogP contribution in [-0.2, 0) is 9.47 Å². The Morgan fingerprint density at radius 2 is 1.95 bits per heavy atom. The molecule has 2 aliphatic carbocycles. The molecule has 0 aromatic rings. The summed E-state index contributed by atoms with van der Waals surface area (Å²) in [7, 11) is 1.82. The van der Waals surface area contributed by atoms with Crippen molar-refractivity contribution in [3.63, 3.8) is 0 Å². The highest BCUT2D eigenvalue weighted by Crippen LogP contribution is 2.35. The van der Waals surface area contributed by atoms with E-state index in [0.717, 1.165) is 25.8 Å². The van der Waals surface area contributed by atoms with Gasteiger partial charge in [0.1, 0.15) is 5.60 Å². The van der Waals surface area contributed by atoms with Crippen molar-refractivity contribution in [1.82, 2.24) is 10.6 Å². The number of hydrogen-bond donors (Lipinski definition) is 2. The van der Waals surface area contributed by atoms with E-state index < -0.39 is 5.60 Å².